The first-order valence-electron chi connectivity index (χ1n) is 8.86. The molecule has 0 saturated carbocycles. The molecule has 3 aromatic rings. The number of aromatic nitrogens is 2. The van der Waals surface area contributed by atoms with Crippen molar-refractivity contribution in [2.75, 3.05) is 13.7 Å². The molecule has 3 rings (SSSR count). The second-order valence-corrected chi connectivity index (χ2v) is 7.63. The van der Waals surface area contributed by atoms with Crippen LogP contribution in [0.5, 0.6) is 5.75 Å². The van der Waals surface area contributed by atoms with Crippen LogP contribution in [0.3, 0.4) is 0 Å². The van der Waals surface area contributed by atoms with Crippen molar-refractivity contribution >= 4 is 21.8 Å². The molecule has 28 heavy (non-hydrogen) atoms. The van der Waals surface area contributed by atoms with Crippen LogP contribution in [0.15, 0.2) is 45.3 Å². The molecule has 0 spiro atoms. The van der Waals surface area contributed by atoms with E-state index in [1.165, 1.54) is 4.90 Å². The Morgan fingerprint density at radius 2 is 1.82 bits per heavy atom. The summed E-state index contributed by atoms with van der Waals surface area (Å²) < 4.78 is 12.4. The van der Waals surface area contributed by atoms with Gasteiger partial charge in [0.05, 0.1) is 6.54 Å². The molecular formula is C21H22BrN3O3. The van der Waals surface area contributed by atoms with E-state index in [0.717, 1.165) is 26.7 Å². The molecule has 1 amide bonds. The highest BCUT2D eigenvalue weighted by molar-refractivity contribution is 9.10. The molecule has 0 N–H and O–H groups in total. The van der Waals surface area contributed by atoms with Gasteiger partial charge in [0, 0.05) is 17.1 Å². The number of carbonyl (C=O) groups excluding carboxylic acids is 1. The van der Waals surface area contributed by atoms with E-state index in [4.69, 9.17) is 9.15 Å². The van der Waals surface area contributed by atoms with Crippen molar-refractivity contribution in [1.29, 1.82) is 0 Å². The van der Waals surface area contributed by atoms with Crippen LogP contribution in [0.2, 0.25) is 0 Å². The summed E-state index contributed by atoms with van der Waals surface area (Å²) in [6.07, 6.45) is 0. The number of halogens is 1. The summed E-state index contributed by atoms with van der Waals surface area (Å²) in [5, 5.41) is 8.10. The first-order valence-corrected chi connectivity index (χ1v) is 9.65. The Hall–Kier alpha value is -2.67. The zero-order valence-electron chi connectivity index (χ0n) is 16.3. The fraction of sp³-hybridized carbons (Fsp3) is 0.286. The molecule has 1 heterocycles. The average Bonchev–Trinajstić information content (AvgIpc) is 3.12. The summed E-state index contributed by atoms with van der Waals surface area (Å²) >= 11 is 3.49. The molecule has 7 heteroatoms. The number of hydrogen-bond acceptors (Lipinski definition) is 5. The maximum atomic E-state index is 12.4. The van der Waals surface area contributed by atoms with E-state index in [9.17, 15) is 4.79 Å². The van der Waals surface area contributed by atoms with Crippen molar-refractivity contribution in [2.24, 2.45) is 0 Å². The molecule has 1 aromatic heterocycles. The van der Waals surface area contributed by atoms with Gasteiger partial charge in [0.15, 0.2) is 6.61 Å². The van der Waals surface area contributed by atoms with Crippen LogP contribution >= 0.6 is 15.9 Å². The molecule has 6 nitrogen and oxygen atoms in total. The van der Waals surface area contributed by atoms with Gasteiger partial charge in [-0.25, -0.2) is 0 Å². The fourth-order valence-electron chi connectivity index (χ4n) is 2.58. The van der Waals surface area contributed by atoms with Crippen LogP contribution < -0.4 is 4.74 Å². The van der Waals surface area contributed by atoms with Crippen LogP contribution in [0.4, 0.5) is 0 Å². The lowest BCUT2D eigenvalue weighted by molar-refractivity contribution is -0.132. The summed E-state index contributed by atoms with van der Waals surface area (Å²) in [6, 6.07) is 11.7. The van der Waals surface area contributed by atoms with Gasteiger partial charge in [0.2, 0.25) is 11.8 Å². The predicted molar refractivity (Wildman–Crippen MR) is 110 cm³/mol. The average molecular weight is 444 g/mol. The third-order valence-corrected chi connectivity index (χ3v) is 5.23. The van der Waals surface area contributed by atoms with Gasteiger partial charge in [-0.2, -0.15) is 0 Å². The first kappa shape index (κ1) is 20.1. The third kappa shape index (κ3) is 4.78. The largest absolute Gasteiger partial charge is 0.483 e. The molecule has 0 aliphatic heterocycles. The molecule has 0 aliphatic carbocycles. The normalized spacial score (nSPS) is 10.8. The van der Waals surface area contributed by atoms with E-state index in [2.05, 4.69) is 26.1 Å². The topological polar surface area (TPSA) is 68.5 Å². The quantitative estimate of drug-likeness (QED) is 0.562. The number of amides is 1. The van der Waals surface area contributed by atoms with Crippen molar-refractivity contribution in [3.05, 3.63) is 63.5 Å². The van der Waals surface area contributed by atoms with E-state index in [1.54, 1.807) is 7.05 Å². The van der Waals surface area contributed by atoms with Crippen LogP contribution in [0.25, 0.3) is 11.5 Å². The lowest BCUT2D eigenvalue weighted by Gasteiger charge is -2.16. The van der Waals surface area contributed by atoms with Crippen LogP contribution in [-0.2, 0) is 11.3 Å². The minimum Gasteiger partial charge on any atom is -0.483 e. The van der Waals surface area contributed by atoms with E-state index >= 15 is 0 Å². The zero-order chi connectivity index (χ0) is 20.3. The molecule has 0 unspecified atom stereocenters. The Labute approximate surface area is 172 Å². The molecule has 0 aliphatic rings. The van der Waals surface area contributed by atoms with Crippen molar-refractivity contribution in [3.63, 3.8) is 0 Å². The number of benzene rings is 2. The van der Waals surface area contributed by atoms with Gasteiger partial charge in [0.1, 0.15) is 5.75 Å². The third-order valence-electron chi connectivity index (χ3n) is 4.37. The second kappa shape index (κ2) is 8.56. The van der Waals surface area contributed by atoms with Gasteiger partial charge in [0.25, 0.3) is 5.91 Å². The van der Waals surface area contributed by atoms with E-state index in [-0.39, 0.29) is 19.1 Å². The molecule has 0 bridgehead atoms. The smallest absolute Gasteiger partial charge is 0.260 e. The van der Waals surface area contributed by atoms with Gasteiger partial charge < -0.3 is 14.1 Å². The van der Waals surface area contributed by atoms with Gasteiger partial charge in [-0.1, -0.05) is 33.6 Å². The highest BCUT2D eigenvalue weighted by Gasteiger charge is 2.16. The number of ether oxygens (including phenoxy) is 1. The van der Waals surface area contributed by atoms with Crippen molar-refractivity contribution in [3.8, 4) is 17.2 Å². The summed E-state index contributed by atoms with van der Waals surface area (Å²) in [5.41, 5.74) is 4.02. The van der Waals surface area contributed by atoms with Crippen LogP contribution in [0.1, 0.15) is 22.6 Å². The lowest BCUT2D eigenvalue weighted by atomic mass is 10.1. The number of carbonyl (C=O) groups is 1. The Balaban J connectivity index is 1.59. The fourth-order valence-corrected chi connectivity index (χ4v) is 3.04. The first-order chi connectivity index (χ1) is 13.3. The SMILES string of the molecule is Cc1ccc(-c2nnc(CN(C)C(=O)COc3cc(C)c(Br)cc3C)o2)cc1. The van der Waals surface area contributed by atoms with E-state index in [1.807, 2.05) is 57.2 Å². The monoisotopic (exact) mass is 443 g/mol. The number of likely N-dealkylation sites (N-methyl/N-ethyl adjacent to an activating group) is 1. The molecule has 0 saturated heterocycles. The molecule has 0 atom stereocenters. The van der Waals surface area contributed by atoms with Crippen LogP contribution in [0, 0.1) is 20.8 Å². The van der Waals surface area contributed by atoms with Gasteiger partial charge >= 0.3 is 0 Å². The van der Waals surface area contributed by atoms with Gasteiger partial charge in [-0.15, -0.1) is 10.2 Å². The standard InChI is InChI=1S/C21H22BrN3O3/c1-13-5-7-16(8-6-13)21-24-23-19(28-21)11-25(4)20(26)12-27-18-10-14(2)17(22)9-15(18)3/h5-10H,11-12H2,1-4H3. The molecule has 0 fully saturated rings. The summed E-state index contributed by atoms with van der Waals surface area (Å²) in [6.45, 7) is 6.10. The zero-order valence-corrected chi connectivity index (χ0v) is 17.9. The van der Waals surface area contributed by atoms with Crippen molar-refractivity contribution < 1.29 is 13.9 Å². The van der Waals surface area contributed by atoms with E-state index in [0.29, 0.717) is 17.5 Å². The van der Waals surface area contributed by atoms with Crippen LogP contribution in [-0.4, -0.2) is 34.7 Å². The van der Waals surface area contributed by atoms with Crippen molar-refractivity contribution in [2.45, 2.75) is 27.3 Å². The molecule has 2 aromatic carbocycles. The highest BCUT2D eigenvalue weighted by Crippen LogP contribution is 2.26. The maximum absolute atomic E-state index is 12.4. The highest BCUT2D eigenvalue weighted by atomic mass is 79.9. The maximum Gasteiger partial charge on any atom is 0.260 e. The van der Waals surface area contributed by atoms with Gasteiger partial charge in [-0.3, -0.25) is 4.79 Å². The number of hydrogen-bond donors (Lipinski definition) is 0. The summed E-state index contributed by atoms with van der Waals surface area (Å²) in [4.78, 5) is 13.9. The minimum atomic E-state index is -0.171. The van der Waals surface area contributed by atoms with Gasteiger partial charge in [-0.05, 0) is 56.2 Å². The summed E-state index contributed by atoms with van der Waals surface area (Å²) in [7, 11) is 1.68. The Morgan fingerprint density at radius 1 is 1.11 bits per heavy atom. The Bertz CT molecular complexity index is 983. The molecule has 0 radical (unpaired) electrons. The van der Waals surface area contributed by atoms with Crippen molar-refractivity contribution in [1.82, 2.24) is 15.1 Å². The summed E-state index contributed by atoms with van der Waals surface area (Å²) in [5.74, 6) is 1.34. The minimum absolute atomic E-state index is 0.0582. The van der Waals surface area contributed by atoms with E-state index < -0.39 is 0 Å². The molecular weight excluding hydrogens is 422 g/mol. The Morgan fingerprint density at radius 3 is 2.54 bits per heavy atom. The predicted octanol–water partition coefficient (Wildman–Crippen LogP) is 4.46. The molecule has 146 valence electrons. The number of aryl methyl sites for hydroxylation is 3. The number of rotatable bonds is 6. The second-order valence-electron chi connectivity index (χ2n) is 6.77. The number of nitrogens with zero attached hydrogens (tertiary/aromatic N) is 3. The lowest BCUT2D eigenvalue weighted by Crippen LogP contribution is -2.31. The Kier molecular flexibility index (Phi) is 6.14.